The molecule has 2 aromatic carbocycles. The number of carbonyl (C=O) groups excluding carboxylic acids is 1. The van der Waals surface area contributed by atoms with Gasteiger partial charge in [-0.15, -0.1) is 0 Å². The quantitative estimate of drug-likeness (QED) is 0.159. The fourth-order valence-electron chi connectivity index (χ4n) is 1.88. The standard InChI is InChI=1S/C14H7F4IO6S/c1-24-7-4-5(19)2-3-6(7)14(20)25-12-8(15)10(17)13(26(21,22)23)11(18)9(12)16/h2-4H,1H3,(H,21,22,23)/p-1. The highest BCUT2D eigenvalue weighted by molar-refractivity contribution is 14.1. The molecule has 0 fully saturated rings. The van der Waals surface area contributed by atoms with Crippen LogP contribution in [0.2, 0.25) is 0 Å². The molecule has 0 aromatic heterocycles. The molecule has 0 N–H and O–H groups in total. The van der Waals surface area contributed by atoms with Crippen molar-refractivity contribution >= 4 is 38.7 Å². The van der Waals surface area contributed by atoms with Gasteiger partial charge in [0.25, 0.3) is 0 Å². The first-order chi connectivity index (χ1) is 12.0. The first kappa shape index (κ1) is 20.4. The van der Waals surface area contributed by atoms with E-state index in [-0.39, 0.29) is 11.3 Å². The maximum atomic E-state index is 13.9. The lowest BCUT2D eigenvalue weighted by Gasteiger charge is -2.14. The highest BCUT2D eigenvalue weighted by Gasteiger charge is 2.31. The lowest BCUT2D eigenvalue weighted by atomic mass is 10.2. The van der Waals surface area contributed by atoms with E-state index in [2.05, 4.69) is 4.74 Å². The smallest absolute Gasteiger partial charge is 0.347 e. The number of ether oxygens (including phenoxy) is 2. The molecule has 26 heavy (non-hydrogen) atoms. The van der Waals surface area contributed by atoms with Crippen molar-refractivity contribution < 1.29 is 44.8 Å². The summed E-state index contributed by atoms with van der Waals surface area (Å²) in [5.74, 6) is -13.0. The van der Waals surface area contributed by atoms with Crippen LogP contribution in [0.1, 0.15) is 10.4 Å². The van der Waals surface area contributed by atoms with Gasteiger partial charge >= 0.3 is 5.97 Å². The molecule has 0 aliphatic carbocycles. The number of benzene rings is 2. The van der Waals surface area contributed by atoms with Gasteiger partial charge in [-0.1, -0.05) is 0 Å². The first-order valence-corrected chi connectivity index (χ1v) is 8.85. The van der Waals surface area contributed by atoms with E-state index in [4.69, 9.17) is 4.74 Å². The molecule has 0 saturated carbocycles. The van der Waals surface area contributed by atoms with Crippen molar-refractivity contribution in [3.05, 3.63) is 50.6 Å². The minimum Gasteiger partial charge on any atom is -0.744 e. The number of hydrogen-bond donors (Lipinski definition) is 0. The molecule has 140 valence electrons. The maximum Gasteiger partial charge on any atom is 0.347 e. The minimum absolute atomic E-state index is 0.0533. The van der Waals surface area contributed by atoms with Gasteiger partial charge < -0.3 is 14.0 Å². The number of hydrogen-bond acceptors (Lipinski definition) is 6. The van der Waals surface area contributed by atoms with Crippen molar-refractivity contribution in [3.63, 3.8) is 0 Å². The summed E-state index contributed by atoms with van der Waals surface area (Å²) in [4.78, 5) is 9.70. The van der Waals surface area contributed by atoms with Crippen LogP contribution in [0.15, 0.2) is 23.1 Å². The van der Waals surface area contributed by atoms with Crippen molar-refractivity contribution in [2.75, 3.05) is 7.11 Å². The summed E-state index contributed by atoms with van der Waals surface area (Å²) < 4.78 is 97.2. The zero-order valence-corrected chi connectivity index (χ0v) is 15.5. The molecule has 6 nitrogen and oxygen atoms in total. The molecule has 0 aliphatic heterocycles. The SMILES string of the molecule is COc1cc(I)ccc1C(=O)Oc1c(F)c(F)c(S(=O)(=O)[O-])c(F)c1F. The molecule has 12 heteroatoms. The second kappa shape index (κ2) is 7.36. The third-order valence-corrected chi connectivity index (χ3v) is 4.54. The second-order valence-corrected chi connectivity index (χ2v) is 7.16. The van der Waals surface area contributed by atoms with Gasteiger partial charge in [-0.2, -0.15) is 8.78 Å². The predicted octanol–water partition coefficient (Wildman–Crippen LogP) is 2.98. The molecule has 2 aromatic rings. The van der Waals surface area contributed by atoms with Crippen LogP contribution in [0.25, 0.3) is 0 Å². The molecular formula is C14H6F4IO6S-. The van der Waals surface area contributed by atoms with Crippen LogP contribution in [0.4, 0.5) is 17.6 Å². The highest BCUT2D eigenvalue weighted by Crippen LogP contribution is 2.33. The monoisotopic (exact) mass is 505 g/mol. The molecule has 0 unspecified atom stereocenters. The molecule has 0 radical (unpaired) electrons. The van der Waals surface area contributed by atoms with Crippen molar-refractivity contribution in [2.45, 2.75) is 4.90 Å². The fraction of sp³-hybridized carbons (Fsp3) is 0.0714. The molecule has 0 atom stereocenters. The summed E-state index contributed by atoms with van der Waals surface area (Å²) in [6.07, 6.45) is 0. The summed E-state index contributed by atoms with van der Waals surface area (Å²) in [5.41, 5.74) is -0.326. The molecule has 0 bridgehead atoms. The van der Waals surface area contributed by atoms with Gasteiger partial charge in [0.2, 0.25) is 17.4 Å². The third-order valence-electron chi connectivity index (χ3n) is 3.01. The fourth-order valence-corrected chi connectivity index (χ4v) is 2.96. The Labute approximate surface area is 157 Å². The van der Waals surface area contributed by atoms with Crippen LogP contribution >= 0.6 is 22.6 Å². The van der Waals surface area contributed by atoms with E-state index in [0.717, 1.165) is 0 Å². The summed E-state index contributed by atoms with van der Waals surface area (Å²) in [6.45, 7) is 0. The van der Waals surface area contributed by atoms with E-state index in [1.54, 1.807) is 0 Å². The van der Waals surface area contributed by atoms with Crippen molar-refractivity contribution in [3.8, 4) is 11.5 Å². The molecule has 0 spiro atoms. The van der Waals surface area contributed by atoms with Crippen LogP contribution in [-0.2, 0) is 10.1 Å². The Morgan fingerprint density at radius 2 is 1.62 bits per heavy atom. The number of halogens is 5. The average molecular weight is 505 g/mol. The van der Waals surface area contributed by atoms with Crippen LogP contribution < -0.4 is 9.47 Å². The normalized spacial score (nSPS) is 11.3. The average Bonchev–Trinajstić information content (AvgIpc) is 2.55. The minimum atomic E-state index is -5.86. The summed E-state index contributed by atoms with van der Waals surface area (Å²) >= 11 is 1.88. The molecule has 0 aliphatic rings. The van der Waals surface area contributed by atoms with Gasteiger partial charge in [0.05, 0.1) is 7.11 Å². The molecular weight excluding hydrogens is 499 g/mol. The van der Waals surface area contributed by atoms with E-state index in [0.29, 0.717) is 3.57 Å². The topological polar surface area (TPSA) is 92.7 Å². The van der Waals surface area contributed by atoms with E-state index < -0.39 is 50.0 Å². The summed E-state index contributed by atoms with van der Waals surface area (Å²) in [5, 5.41) is 0. The number of carbonyl (C=O) groups is 1. The van der Waals surface area contributed by atoms with Crippen LogP contribution in [0, 0.1) is 26.8 Å². The van der Waals surface area contributed by atoms with Crippen molar-refractivity contribution in [1.82, 2.24) is 0 Å². The summed E-state index contributed by atoms with van der Waals surface area (Å²) in [7, 11) is -4.67. The van der Waals surface area contributed by atoms with E-state index in [1.165, 1.54) is 25.3 Å². The van der Waals surface area contributed by atoms with Gasteiger partial charge in [0.1, 0.15) is 26.3 Å². The van der Waals surface area contributed by atoms with Crippen molar-refractivity contribution in [1.29, 1.82) is 0 Å². The Balaban J connectivity index is 2.57. The van der Waals surface area contributed by atoms with Gasteiger partial charge in [-0.3, -0.25) is 0 Å². The van der Waals surface area contributed by atoms with Gasteiger partial charge in [0.15, 0.2) is 11.6 Å². The molecule has 2 rings (SSSR count). The number of rotatable bonds is 4. The lowest BCUT2D eigenvalue weighted by molar-refractivity contribution is 0.0713. The number of methoxy groups -OCH3 is 1. The van der Waals surface area contributed by atoms with Gasteiger partial charge in [0, 0.05) is 3.57 Å². The Hall–Kier alpha value is -1.93. The molecule has 0 saturated heterocycles. The molecule has 0 heterocycles. The Morgan fingerprint density at radius 1 is 1.08 bits per heavy atom. The summed E-state index contributed by atoms with van der Waals surface area (Å²) in [6, 6.07) is 3.96. The third kappa shape index (κ3) is 3.76. The first-order valence-electron chi connectivity index (χ1n) is 6.36. The zero-order chi connectivity index (χ0) is 19.8. The Bertz CT molecular complexity index is 980. The highest BCUT2D eigenvalue weighted by atomic mass is 127. The predicted molar refractivity (Wildman–Crippen MR) is 84.9 cm³/mol. The maximum absolute atomic E-state index is 13.9. The lowest BCUT2D eigenvalue weighted by Crippen LogP contribution is -2.16. The van der Waals surface area contributed by atoms with E-state index in [9.17, 15) is 35.3 Å². The van der Waals surface area contributed by atoms with Crippen molar-refractivity contribution in [2.24, 2.45) is 0 Å². The van der Waals surface area contributed by atoms with Gasteiger partial charge in [-0.25, -0.2) is 22.0 Å². The van der Waals surface area contributed by atoms with Crippen LogP contribution in [-0.4, -0.2) is 26.0 Å². The van der Waals surface area contributed by atoms with Crippen LogP contribution in [0.3, 0.4) is 0 Å². The Morgan fingerprint density at radius 3 is 2.08 bits per heavy atom. The number of esters is 1. The largest absolute Gasteiger partial charge is 0.744 e. The zero-order valence-electron chi connectivity index (χ0n) is 12.5. The van der Waals surface area contributed by atoms with E-state index in [1.807, 2.05) is 22.6 Å². The van der Waals surface area contributed by atoms with Gasteiger partial charge in [-0.05, 0) is 40.8 Å². The molecule has 0 amide bonds. The Kier molecular flexibility index (Phi) is 5.77. The van der Waals surface area contributed by atoms with Crippen LogP contribution in [0.5, 0.6) is 11.5 Å². The second-order valence-electron chi connectivity index (χ2n) is 4.60. The van der Waals surface area contributed by atoms with E-state index >= 15 is 0 Å².